The molecule has 0 radical (unpaired) electrons. The van der Waals surface area contributed by atoms with E-state index in [1.807, 2.05) is 32.6 Å². The van der Waals surface area contributed by atoms with E-state index in [2.05, 4.69) is 6.08 Å². The molecule has 0 N–H and O–H groups in total. The summed E-state index contributed by atoms with van der Waals surface area (Å²) in [5.74, 6) is 0.424. The molecule has 0 saturated carbocycles. The van der Waals surface area contributed by atoms with Gasteiger partial charge in [-0.2, -0.15) is 0 Å². The van der Waals surface area contributed by atoms with Gasteiger partial charge in [-0.15, -0.1) is 0 Å². The molecule has 5 heteroatoms. The van der Waals surface area contributed by atoms with E-state index in [1.54, 1.807) is 6.07 Å². The van der Waals surface area contributed by atoms with Crippen LogP contribution in [0.3, 0.4) is 0 Å². The number of hydrogen-bond acceptors (Lipinski definition) is 3. The smallest absolute Gasteiger partial charge is 0.411 e. The summed E-state index contributed by atoms with van der Waals surface area (Å²) < 4.78 is 25.2. The lowest BCUT2D eigenvalue weighted by Crippen LogP contribution is -2.53. The maximum atomic E-state index is 13.9. The molecule has 0 aliphatic carbocycles. The van der Waals surface area contributed by atoms with Crippen molar-refractivity contribution in [2.24, 2.45) is 0 Å². The van der Waals surface area contributed by atoms with Crippen molar-refractivity contribution in [3.63, 3.8) is 0 Å². The minimum atomic E-state index is -0.514. The van der Waals surface area contributed by atoms with E-state index in [-0.39, 0.29) is 24.0 Å². The van der Waals surface area contributed by atoms with Crippen LogP contribution in [0.2, 0.25) is 0 Å². The molecule has 3 rings (SSSR count). The van der Waals surface area contributed by atoms with Gasteiger partial charge in [-0.3, -0.25) is 4.90 Å². The van der Waals surface area contributed by atoms with Crippen LogP contribution >= 0.6 is 0 Å². The van der Waals surface area contributed by atoms with Crippen LogP contribution in [-0.2, 0) is 4.74 Å². The molecule has 1 aromatic rings. The number of hydrogen-bond donors (Lipinski definition) is 0. The molecule has 1 saturated heterocycles. The highest BCUT2D eigenvalue weighted by Crippen LogP contribution is 2.40. The summed E-state index contributed by atoms with van der Waals surface area (Å²) >= 11 is 0. The Morgan fingerprint density at radius 1 is 1.31 bits per heavy atom. The molecule has 2 aliphatic heterocycles. The van der Waals surface area contributed by atoms with E-state index in [0.29, 0.717) is 18.8 Å². The number of piperidine rings is 1. The van der Waals surface area contributed by atoms with E-state index < -0.39 is 5.60 Å². The first kappa shape index (κ1) is 18.7. The molecule has 142 valence electrons. The highest BCUT2D eigenvalue weighted by molar-refractivity contribution is 5.76. The predicted octanol–water partition coefficient (Wildman–Crippen LogP) is 5.17. The molecule has 2 unspecified atom stereocenters. The van der Waals surface area contributed by atoms with Gasteiger partial charge in [-0.1, -0.05) is 6.08 Å². The van der Waals surface area contributed by atoms with Crippen LogP contribution in [0.25, 0.3) is 5.57 Å². The number of amides is 1. The van der Waals surface area contributed by atoms with Gasteiger partial charge in [0.1, 0.15) is 17.2 Å². The Morgan fingerprint density at radius 2 is 2.08 bits per heavy atom. The third kappa shape index (κ3) is 4.02. The number of halogens is 1. The Morgan fingerprint density at radius 3 is 2.73 bits per heavy atom. The number of rotatable bonds is 3. The van der Waals surface area contributed by atoms with Gasteiger partial charge in [0, 0.05) is 11.6 Å². The Bertz CT molecular complexity index is 708. The Hall–Kier alpha value is -2.04. The average molecular weight is 361 g/mol. The maximum absolute atomic E-state index is 13.9. The highest BCUT2D eigenvalue weighted by atomic mass is 19.1. The SMILES string of the molecule is CCOc1ccc(F)cc1C1=CC2CCCC(C1)N2C(=O)OC(C)(C)C. The fourth-order valence-corrected chi connectivity index (χ4v) is 3.86. The molecule has 2 bridgehead atoms. The van der Waals surface area contributed by atoms with Crippen molar-refractivity contribution in [2.75, 3.05) is 6.61 Å². The zero-order valence-corrected chi connectivity index (χ0v) is 16.0. The number of benzene rings is 1. The second-order valence-electron chi connectivity index (χ2n) is 8.01. The van der Waals surface area contributed by atoms with Crippen molar-refractivity contribution in [3.8, 4) is 5.75 Å². The van der Waals surface area contributed by atoms with E-state index in [1.165, 1.54) is 12.1 Å². The predicted molar refractivity (Wildman–Crippen MR) is 99.7 cm³/mol. The number of nitrogens with zero attached hydrogens (tertiary/aromatic N) is 1. The van der Waals surface area contributed by atoms with Crippen molar-refractivity contribution in [2.45, 2.75) is 71.1 Å². The molecule has 26 heavy (non-hydrogen) atoms. The van der Waals surface area contributed by atoms with Crippen molar-refractivity contribution >= 4 is 11.7 Å². The number of carbonyl (C=O) groups is 1. The summed E-state index contributed by atoms with van der Waals surface area (Å²) in [4.78, 5) is 14.6. The van der Waals surface area contributed by atoms with Crippen LogP contribution in [-0.4, -0.2) is 35.3 Å². The van der Waals surface area contributed by atoms with Gasteiger partial charge < -0.3 is 9.47 Å². The van der Waals surface area contributed by atoms with Gasteiger partial charge in [0.2, 0.25) is 0 Å². The Labute approximate surface area is 155 Å². The molecule has 2 aliphatic rings. The van der Waals surface area contributed by atoms with Crippen LogP contribution in [0.1, 0.15) is 58.9 Å². The molecular formula is C21H28FNO3. The van der Waals surface area contributed by atoms with Crippen molar-refractivity contribution in [3.05, 3.63) is 35.7 Å². The Balaban J connectivity index is 1.91. The minimum absolute atomic E-state index is 0.00917. The molecule has 0 aromatic heterocycles. The standard InChI is InChI=1S/C21H28FNO3/c1-5-25-19-10-9-15(22)13-18(19)14-11-16-7-6-8-17(12-14)23(16)20(24)26-21(2,3)4/h9-11,13,16-17H,5-8,12H2,1-4H3. The summed E-state index contributed by atoms with van der Waals surface area (Å²) in [5, 5.41) is 0. The third-order valence-corrected chi connectivity index (χ3v) is 4.83. The molecule has 4 nitrogen and oxygen atoms in total. The first-order chi connectivity index (χ1) is 12.3. The second-order valence-corrected chi connectivity index (χ2v) is 8.01. The minimum Gasteiger partial charge on any atom is -0.493 e. The van der Waals surface area contributed by atoms with Crippen LogP contribution < -0.4 is 4.74 Å². The first-order valence-corrected chi connectivity index (χ1v) is 9.43. The lowest BCUT2D eigenvalue weighted by molar-refractivity contribution is 0.0000784. The summed E-state index contributed by atoms with van der Waals surface area (Å²) in [6, 6.07) is 4.72. The van der Waals surface area contributed by atoms with Crippen LogP contribution in [0.15, 0.2) is 24.3 Å². The zero-order valence-electron chi connectivity index (χ0n) is 16.0. The van der Waals surface area contributed by atoms with Crippen molar-refractivity contribution < 1.29 is 18.7 Å². The van der Waals surface area contributed by atoms with Crippen molar-refractivity contribution in [1.82, 2.24) is 4.90 Å². The maximum Gasteiger partial charge on any atom is 0.411 e. The largest absolute Gasteiger partial charge is 0.493 e. The number of ether oxygens (including phenoxy) is 2. The lowest BCUT2D eigenvalue weighted by Gasteiger charge is -2.45. The number of carbonyl (C=O) groups excluding carboxylic acids is 1. The molecule has 2 heterocycles. The van der Waals surface area contributed by atoms with E-state index >= 15 is 0 Å². The van der Waals surface area contributed by atoms with Crippen molar-refractivity contribution in [1.29, 1.82) is 0 Å². The quantitative estimate of drug-likeness (QED) is 0.745. The molecule has 1 aromatic carbocycles. The van der Waals surface area contributed by atoms with Gasteiger partial charge >= 0.3 is 6.09 Å². The van der Waals surface area contributed by atoms with Gasteiger partial charge in [0.25, 0.3) is 0 Å². The monoisotopic (exact) mass is 361 g/mol. The molecule has 2 atom stereocenters. The van der Waals surface area contributed by atoms with E-state index in [9.17, 15) is 9.18 Å². The van der Waals surface area contributed by atoms with Gasteiger partial charge in [0.15, 0.2) is 0 Å². The van der Waals surface area contributed by atoms with Gasteiger partial charge in [0.05, 0.1) is 12.6 Å². The average Bonchev–Trinajstić information content (AvgIpc) is 2.54. The Kier molecular flexibility index (Phi) is 5.26. The topological polar surface area (TPSA) is 38.8 Å². The fraction of sp³-hybridized carbons (Fsp3) is 0.571. The highest BCUT2D eigenvalue weighted by Gasteiger charge is 2.39. The molecule has 0 spiro atoms. The van der Waals surface area contributed by atoms with E-state index in [4.69, 9.17) is 9.47 Å². The fourth-order valence-electron chi connectivity index (χ4n) is 3.86. The third-order valence-electron chi connectivity index (χ3n) is 4.83. The first-order valence-electron chi connectivity index (χ1n) is 9.43. The van der Waals surface area contributed by atoms with Crippen LogP contribution in [0, 0.1) is 5.82 Å². The van der Waals surface area contributed by atoms with Gasteiger partial charge in [-0.05, 0) is 77.2 Å². The zero-order chi connectivity index (χ0) is 18.9. The molecule has 1 fully saturated rings. The lowest BCUT2D eigenvalue weighted by atomic mass is 9.83. The summed E-state index contributed by atoms with van der Waals surface area (Å²) in [5.41, 5.74) is 1.34. The molecule has 1 amide bonds. The van der Waals surface area contributed by atoms with Crippen LogP contribution in [0.4, 0.5) is 9.18 Å². The molecular weight excluding hydrogens is 333 g/mol. The normalized spacial score (nSPS) is 22.7. The van der Waals surface area contributed by atoms with E-state index in [0.717, 1.165) is 30.4 Å². The van der Waals surface area contributed by atoms with Crippen LogP contribution in [0.5, 0.6) is 5.75 Å². The second kappa shape index (κ2) is 7.29. The summed E-state index contributed by atoms with van der Waals surface area (Å²) in [6.45, 7) is 8.09. The number of fused-ring (bicyclic) bond motifs is 2. The summed E-state index contributed by atoms with van der Waals surface area (Å²) in [7, 11) is 0. The van der Waals surface area contributed by atoms with Gasteiger partial charge in [-0.25, -0.2) is 9.18 Å². The summed E-state index contributed by atoms with van der Waals surface area (Å²) in [6.07, 6.45) is 5.45.